The maximum absolute atomic E-state index is 10.7. The molecule has 0 saturated carbocycles. The number of ether oxygens (including phenoxy) is 1. The van der Waals surface area contributed by atoms with Crippen molar-refractivity contribution in [2.75, 3.05) is 33.8 Å². The van der Waals surface area contributed by atoms with Gasteiger partial charge in [-0.25, -0.2) is 4.79 Å². The van der Waals surface area contributed by atoms with Gasteiger partial charge in [0.15, 0.2) is 0 Å². The third-order valence-electron chi connectivity index (χ3n) is 3.17. The minimum atomic E-state index is -0.313. The molecule has 108 valence electrons. The molecule has 0 aliphatic rings. The summed E-state index contributed by atoms with van der Waals surface area (Å²) in [7, 11) is 4.55. The smallest absolute Gasteiger partial charge is 0.330 e. The standard InChI is InChI=1S/C14H28NO2.ClH/c1-5-14(16)17-13-11-9-7-8-10-12-15(3,4)6-2;/h5H,1,6-13H2,2-4H3;1H/q+1;/p-1. The molecular formula is C14H28ClNO2. The summed E-state index contributed by atoms with van der Waals surface area (Å²) in [6, 6.07) is 0. The Hall–Kier alpha value is -0.540. The van der Waals surface area contributed by atoms with E-state index in [0.29, 0.717) is 6.61 Å². The van der Waals surface area contributed by atoms with E-state index >= 15 is 0 Å². The van der Waals surface area contributed by atoms with Gasteiger partial charge in [-0.15, -0.1) is 0 Å². The molecule has 0 aliphatic heterocycles. The van der Waals surface area contributed by atoms with Crippen molar-refractivity contribution in [1.29, 1.82) is 0 Å². The van der Waals surface area contributed by atoms with Crippen LogP contribution < -0.4 is 12.4 Å². The maximum Gasteiger partial charge on any atom is 0.330 e. The Balaban J connectivity index is 0. The Labute approximate surface area is 118 Å². The van der Waals surface area contributed by atoms with E-state index in [9.17, 15) is 4.79 Å². The summed E-state index contributed by atoms with van der Waals surface area (Å²) < 4.78 is 6.02. The minimum absolute atomic E-state index is 0. The molecule has 0 amide bonds. The van der Waals surface area contributed by atoms with E-state index in [1.54, 1.807) is 0 Å². The van der Waals surface area contributed by atoms with Crippen molar-refractivity contribution < 1.29 is 26.4 Å². The van der Waals surface area contributed by atoms with E-state index in [2.05, 4.69) is 27.6 Å². The van der Waals surface area contributed by atoms with Crippen LogP contribution in [-0.2, 0) is 9.53 Å². The molecule has 0 aromatic rings. The highest BCUT2D eigenvalue weighted by molar-refractivity contribution is 5.81. The number of carbonyl (C=O) groups is 1. The van der Waals surface area contributed by atoms with Crippen LogP contribution in [0, 0.1) is 0 Å². The first-order chi connectivity index (χ1) is 8.02. The number of rotatable bonds is 10. The van der Waals surface area contributed by atoms with Crippen LogP contribution in [-0.4, -0.2) is 44.2 Å². The molecule has 0 unspecified atom stereocenters. The third-order valence-corrected chi connectivity index (χ3v) is 3.17. The van der Waals surface area contributed by atoms with Crippen LogP contribution in [0.2, 0.25) is 0 Å². The second-order valence-corrected chi connectivity index (χ2v) is 5.11. The summed E-state index contributed by atoms with van der Waals surface area (Å²) in [5, 5.41) is 0. The summed E-state index contributed by atoms with van der Waals surface area (Å²) in [4.78, 5) is 10.7. The first kappa shape index (κ1) is 19.8. The average molecular weight is 278 g/mol. The second kappa shape index (κ2) is 11.5. The zero-order chi connectivity index (χ0) is 13.1. The molecule has 0 N–H and O–H groups in total. The van der Waals surface area contributed by atoms with Gasteiger partial charge < -0.3 is 21.6 Å². The Kier molecular flexibility index (Phi) is 12.7. The fourth-order valence-electron chi connectivity index (χ4n) is 1.56. The first-order valence-electron chi connectivity index (χ1n) is 6.63. The van der Waals surface area contributed by atoms with E-state index in [0.717, 1.165) is 17.3 Å². The Morgan fingerprint density at radius 1 is 1.17 bits per heavy atom. The fourth-order valence-corrected chi connectivity index (χ4v) is 1.56. The first-order valence-corrected chi connectivity index (χ1v) is 6.63. The molecule has 0 atom stereocenters. The number of quaternary nitrogens is 1. The zero-order valence-electron chi connectivity index (χ0n) is 12.1. The highest BCUT2D eigenvalue weighted by Crippen LogP contribution is 2.06. The summed E-state index contributed by atoms with van der Waals surface area (Å²) >= 11 is 0. The molecule has 18 heavy (non-hydrogen) atoms. The molecule has 0 heterocycles. The molecule has 0 fully saturated rings. The van der Waals surface area contributed by atoms with Gasteiger partial charge in [-0.05, 0) is 26.2 Å². The lowest BCUT2D eigenvalue weighted by Gasteiger charge is -2.28. The number of carbonyl (C=O) groups excluding carboxylic acids is 1. The number of halogens is 1. The van der Waals surface area contributed by atoms with Gasteiger partial charge >= 0.3 is 5.97 Å². The molecule has 0 aromatic heterocycles. The molecule has 0 saturated heterocycles. The molecule has 0 aliphatic carbocycles. The zero-order valence-corrected chi connectivity index (χ0v) is 12.8. The van der Waals surface area contributed by atoms with Gasteiger partial charge in [0.1, 0.15) is 0 Å². The van der Waals surface area contributed by atoms with Crippen LogP contribution in [0.15, 0.2) is 12.7 Å². The van der Waals surface area contributed by atoms with Crippen molar-refractivity contribution in [3.63, 3.8) is 0 Å². The highest BCUT2D eigenvalue weighted by Gasteiger charge is 2.09. The number of nitrogens with zero attached hydrogens (tertiary/aromatic N) is 1. The molecule has 0 bridgehead atoms. The number of hydrogen-bond acceptors (Lipinski definition) is 2. The van der Waals surface area contributed by atoms with Gasteiger partial charge in [0.2, 0.25) is 0 Å². The van der Waals surface area contributed by atoms with Crippen LogP contribution in [0.5, 0.6) is 0 Å². The van der Waals surface area contributed by atoms with E-state index < -0.39 is 0 Å². The normalized spacial score (nSPS) is 10.6. The third kappa shape index (κ3) is 11.9. The van der Waals surface area contributed by atoms with Crippen LogP contribution in [0.3, 0.4) is 0 Å². The van der Waals surface area contributed by atoms with Crippen molar-refractivity contribution in [2.45, 2.75) is 39.0 Å². The van der Waals surface area contributed by atoms with Crippen LogP contribution in [0.1, 0.15) is 39.0 Å². The van der Waals surface area contributed by atoms with Crippen LogP contribution >= 0.6 is 0 Å². The maximum atomic E-state index is 10.7. The van der Waals surface area contributed by atoms with E-state index in [4.69, 9.17) is 4.74 Å². The summed E-state index contributed by atoms with van der Waals surface area (Å²) in [6.45, 7) is 8.56. The summed E-state index contributed by atoms with van der Waals surface area (Å²) in [6.07, 6.45) is 7.11. The Bertz CT molecular complexity index is 230. The number of hydrogen-bond donors (Lipinski definition) is 0. The lowest BCUT2D eigenvalue weighted by molar-refractivity contribution is -0.888. The van der Waals surface area contributed by atoms with E-state index in [1.165, 1.54) is 38.4 Å². The van der Waals surface area contributed by atoms with Gasteiger partial charge in [0.05, 0.1) is 33.8 Å². The molecule has 4 heteroatoms. The Morgan fingerprint density at radius 3 is 2.28 bits per heavy atom. The van der Waals surface area contributed by atoms with Crippen molar-refractivity contribution in [3.8, 4) is 0 Å². The highest BCUT2D eigenvalue weighted by atomic mass is 35.5. The monoisotopic (exact) mass is 277 g/mol. The number of esters is 1. The lowest BCUT2D eigenvalue weighted by atomic mass is 10.1. The Morgan fingerprint density at radius 2 is 1.72 bits per heavy atom. The molecular weight excluding hydrogens is 250 g/mol. The molecule has 0 spiro atoms. The van der Waals surface area contributed by atoms with Crippen LogP contribution in [0.25, 0.3) is 0 Å². The van der Waals surface area contributed by atoms with Gasteiger partial charge in [-0.1, -0.05) is 19.4 Å². The quantitative estimate of drug-likeness (QED) is 0.239. The fraction of sp³-hybridized carbons (Fsp3) is 0.786. The second-order valence-electron chi connectivity index (χ2n) is 5.11. The molecule has 0 radical (unpaired) electrons. The molecule has 0 aromatic carbocycles. The van der Waals surface area contributed by atoms with Crippen LogP contribution in [0.4, 0.5) is 0 Å². The minimum Gasteiger partial charge on any atom is -1.00 e. The summed E-state index contributed by atoms with van der Waals surface area (Å²) in [5.74, 6) is -0.313. The van der Waals surface area contributed by atoms with Gasteiger partial charge in [0.25, 0.3) is 0 Å². The predicted octanol–water partition coefficient (Wildman–Crippen LogP) is -0.234. The number of unbranched alkanes of at least 4 members (excludes halogenated alkanes) is 4. The summed E-state index contributed by atoms with van der Waals surface area (Å²) in [5.41, 5.74) is 0. The van der Waals surface area contributed by atoms with Crippen molar-refractivity contribution in [2.24, 2.45) is 0 Å². The van der Waals surface area contributed by atoms with Crippen molar-refractivity contribution >= 4 is 5.97 Å². The average Bonchev–Trinajstić information content (AvgIpc) is 2.32. The molecule has 0 rings (SSSR count). The van der Waals surface area contributed by atoms with Crippen molar-refractivity contribution in [1.82, 2.24) is 0 Å². The van der Waals surface area contributed by atoms with Gasteiger partial charge in [-0.3, -0.25) is 0 Å². The topological polar surface area (TPSA) is 26.3 Å². The molecule has 3 nitrogen and oxygen atoms in total. The largest absolute Gasteiger partial charge is 1.00 e. The van der Waals surface area contributed by atoms with Gasteiger partial charge in [-0.2, -0.15) is 0 Å². The SMILES string of the molecule is C=CC(=O)OCCCCCCC[N+](C)(C)CC.[Cl-]. The van der Waals surface area contributed by atoms with Gasteiger partial charge in [0, 0.05) is 6.08 Å². The van der Waals surface area contributed by atoms with Crippen molar-refractivity contribution in [3.05, 3.63) is 12.7 Å². The predicted molar refractivity (Wildman–Crippen MR) is 71.8 cm³/mol. The lowest BCUT2D eigenvalue weighted by Crippen LogP contribution is -3.00. The van der Waals surface area contributed by atoms with E-state index in [1.807, 2.05) is 0 Å². The van der Waals surface area contributed by atoms with E-state index in [-0.39, 0.29) is 18.4 Å².